The van der Waals surface area contributed by atoms with Gasteiger partial charge in [0.1, 0.15) is 6.04 Å². The van der Waals surface area contributed by atoms with Crippen molar-refractivity contribution >= 4 is 17.3 Å². The van der Waals surface area contributed by atoms with Crippen molar-refractivity contribution in [3.63, 3.8) is 0 Å². The molecule has 1 rings (SSSR count). The molecule has 1 heterocycles. The van der Waals surface area contributed by atoms with Gasteiger partial charge in [0.2, 0.25) is 0 Å². The van der Waals surface area contributed by atoms with Crippen molar-refractivity contribution < 1.29 is 14.3 Å². The molecule has 1 atom stereocenters. The van der Waals surface area contributed by atoms with Gasteiger partial charge in [-0.2, -0.15) is 0 Å². The first-order valence-corrected chi connectivity index (χ1v) is 7.59. The first-order valence-electron chi connectivity index (χ1n) is 6.77. The molecule has 1 aromatic rings. The van der Waals surface area contributed by atoms with Crippen molar-refractivity contribution in [3.8, 4) is 0 Å². The summed E-state index contributed by atoms with van der Waals surface area (Å²) < 4.78 is 10.3. The van der Waals surface area contributed by atoms with Gasteiger partial charge in [0.05, 0.1) is 17.7 Å². The highest BCUT2D eigenvalue weighted by molar-refractivity contribution is 7.11. The minimum Gasteiger partial charge on any atom is -0.462 e. The number of carbonyl (C=O) groups excluding carboxylic acids is 1. The normalized spacial score (nSPS) is 12.9. The summed E-state index contributed by atoms with van der Waals surface area (Å²) in [5, 5.41) is 1.06. The van der Waals surface area contributed by atoms with E-state index in [4.69, 9.17) is 9.47 Å². The van der Waals surface area contributed by atoms with E-state index in [0.29, 0.717) is 13.2 Å². The van der Waals surface area contributed by atoms with E-state index in [2.05, 4.69) is 4.98 Å². The molecule has 0 radical (unpaired) electrons. The Bertz CT molecular complexity index is 420. The van der Waals surface area contributed by atoms with Gasteiger partial charge in [0.15, 0.2) is 0 Å². The standard InChI is InChI=1S/C14H24N2O3S/c1-10(2)19-14(17)11(3)16(4)9-12-8-15-13(20-12)6-7-18-5/h8,10-11H,6-7,9H2,1-5H3. The van der Waals surface area contributed by atoms with Gasteiger partial charge >= 0.3 is 5.97 Å². The molecule has 20 heavy (non-hydrogen) atoms. The number of thiazole rings is 1. The number of esters is 1. The summed E-state index contributed by atoms with van der Waals surface area (Å²) in [6.07, 6.45) is 2.62. The molecule has 0 fully saturated rings. The first kappa shape index (κ1) is 17.1. The zero-order chi connectivity index (χ0) is 15.1. The zero-order valence-electron chi connectivity index (χ0n) is 12.9. The average molecular weight is 300 g/mol. The van der Waals surface area contributed by atoms with Crippen LogP contribution in [0.2, 0.25) is 0 Å². The average Bonchev–Trinajstić information content (AvgIpc) is 2.82. The van der Waals surface area contributed by atoms with E-state index < -0.39 is 0 Å². The highest BCUT2D eigenvalue weighted by atomic mass is 32.1. The Labute approximate surface area is 124 Å². The lowest BCUT2D eigenvalue weighted by molar-refractivity contribution is -0.152. The summed E-state index contributed by atoms with van der Waals surface area (Å²) in [5.74, 6) is -0.188. The van der Waals surface area contributed by atoms with Crippen molar-refractivity contribution in [2.45, 2.75) is 45.9 Å². The Morgan fingerprint density at radius 1 is 1.45 bits per heavy atom. The molecule has 0 aliphatic heterocycles. The number of rotatable bonds is 8. The van der Waals surface area contributed by atoms with Crippen LogP contribution in [0, 0.1) is 0 Å². The van der Waals surface area contributed by atoms with E-state index in [0.717, 1.165) is 16.3 Å². The summed E-state index contributed by atoms with van der Waals surface area (Å²) >= 11 is 1.66. The Kier molecular flexibility index (Phi) is 7.12. The molecule has 0 N–H and O–H groups in total. The van der Waals surface area contributed by atoms with Gasteiger partial charge in [0.25, 0.3) is 0 Å². The van der Waals surface area contributed by atoms with Crippen LogP contribution in [0.1, 0.15) is 30.7 Å². The lowest BCUT2D eigenvalue weighted by Gasteiger charge is -2.23. The molecular weight excluding hydrogens is 276 g/mol. The van der Waals surface area contributed by atoms with Crippen molar-refractivity contribution in [2.24, 2.45) is 0 Å². The number of nitrogens with zero attached hydrogens (tertiary/aromatic N) is 2. The minimum atomic E-state index is -0.262. The van der Waals surface area contributed by atoms with Gasteiger partial charge in [-0.15, -0.1) is 11.3 Å². The SMILES string of the molecule is COCCc1ncc(CN(C)C(C)C(=O)OC(C)C)s1. The summed E-state index contributed by atoms with van der Waals surface area (Å²) in [6.45, 7) is 6.95. The molecule has 0 saturated carbocycles. The van der Waals surface area contributed by atoms with Gasteiger partial charge in [-0.05, 0) is 27.8 Å². The molecule has 0 aromatic carbocycles. The molecule has 0 amide bonds. The van der Waals surface area contributed by atoms with Crippen LogP contribution >= 0.6 is 11.3 Å². The maximum atomic E-state index is 11.8. The molecule has 0 bridgehead atoms. The van der Waals surface area contributed by atoms with Gasteiger partial charge in [-0.1, -0.05) is 0 Å². The zero-order valence-corrected chi connectivity index (χ0v) is 13.7. The van der Waals surface area contributed by atoms with Crippen LogP contribution in [-0.4, -0.2) is 48.8 Å². The number of likely N-dealkylation sites (N-methyl/N-ethyl adjacent to an activating group) is 1. The number of hydrogen-bond donors (Lipinski definition) is 0. The monoisotopic (exact) mass is 300 g/mol. The molecular formula is C14H24N2O3S. The Balaban J connectivity index is 2.50. The van der Waals surface area contributed by atoms with Crippen LogP contribution < -0.4 is 0 Å². The Morgan fingerprint density at radius 2 is 2.15 bits per heavy atom. The predicted molar refractivity (Wildman–Crippen MR) is 79.9 cm³/mol. The summed E-state index contributed by atoms with van der Waals surface area (Å²) in [4.78, 5) is 19.3. The number of carbonyl (C=O) groups is 1. The van der Waals surface area contributed by atoms with Crippen molar-refractivity contribution in [2.75, 3.05) is 20.8 Å². The molecule has 0 spiro atoms. The maximum Gasteiger partial charge on any atom is 0.323 e. The van der Waals surface area contributed by atoms with E-state index in [1.165, 1.54) is 0 Å². The number of aromatic nitrogens is 1. The third-order valence-corrected chi connectivity index (χ3v) is 3.92. The summed E-state index contributed by atoms with van der Waals surface area (Å²) in [5.41, 5.74) is 0. The van der Waals surface area contributed by atoms with Crippen LogP contribution in [-0.2, 0) is 27.2 Å². The van der Waals surface area contributed by atoms with E-state index in [-0.39, 0.29) is 18.1 Å². The van der Waals surface area contributed by atoms with Gasteiger partial charge < -0.3 is 9.47 Å². The number of methoxy groups -OCH3 is 1. The highest BCUT2D eigenvalue weighted by Gasteiger charge is 2.21. The van der Waals surface area contributed by atoms with Gasteiger partial charge in [0, 0.05) is 31.1 Å². The highest BCUT2D eigenvalue weighted by Crippen LogP contribution is 2.16. The fourth-order valence-corrected chi connectivity index (χ4v) is 2.59. The second-order valence-electron chi connectivity index (χ2n) is 5.04. The van der Waals surface area contributed by atoms with Gasteiger partial charge in [-0.3, -0.25) is 9.69 Å². The van der Waals surface area contributed by atoms with Crippen LogP contribution in [0.25, 0.3) is 0 Å². The molecule has 0 aliphatic carbocycles. The first-order chi connectivity index (χ1) is 9.43. The molecule has 1 aromatic heterocycles. The smallest absolute Gasteiger partial charge is 0.323 e. The van der Waals surface area contributed by atoms with Crippen LogP contribution in [0.3, 0.4) is 0 Å². The maximum absolute atomic E-state index is 11.8. The lowest BCUT2D eigenvalue weighted by Crippen LogP contribution is -2.37. The molecule has 0 aliphatic rings. The Morgan fingerprint density at radius 3 is 2.75 bits per heavy atom. The quantitative estimate of drug-likeness (QED) is 0.688. The van der Waals surface area contributed by atoms with E-state index >= 15 is 0 Å². The van der Waals surface area contributed by atoms with Crippen molar-refractivity contribution in [3.05, 3.63) is 16.1 Å². The molecule has 1 unspecified atom stereocenters. The summed E-state index contributed by atoms with van der Waals surface area (Å²) in [6, 6.07) is -0.262. The third kappa shape index (κ3) is 5.56. The predicted octanol–water partition coefficient (Wildman–Crippen LogP) is 2.10. The van der Waals surface area contributed by atoms with Crippen LogP contribution in [0.15, 0.2) is 6.20 Å². The topological polar surface area (TPSA) is 51.7 Å². The molecule has 5 nitrogen and oxygen atoms in total. The second kappa shape index (κ2) is 8.34. The fourth-order valence-electron chi connectivity index (χ4n) is 1.62. The molecule has 0 saturated heterocycles. The Hall–Kier alpha value is -0.980. The minimum absolute atomic E-state index is 0.0811. The largest absolute Gasteiger partial charge is 0.462 e. The van der Waals surface area contributed by atoms with E-state index in [1.54, 1.807) is 18.4 Å². The van der Waals surface area contributed by atoms with Gasteiger partial charge in [-0.25, -0.2) is 4.98 Å². The van der Waals surface area contributed by atoms with Crippen molar-refractivity contribution in [1.82, 2.24) is 9.88 Å². The lowest BCUT2D eigenvalue weighted by atomic mass is 10.3. The molecule has 114 valence electrons. The van der Waals surface area contributed by atoms with Crippen molar-refractivity contribution in [1.29, 1.82) is 0 Å². The number of ether oxygens (including phenoxy) is 2. The van der Waals surface area contributed by atoms with Crippen LogP contribution in [0.5, 0.6) is 0 Å². The van der Waals surface area contributed by atoms with E-state index in [9.17, 15) is 4.79 Å². The second-order valence-corrected chi connectivity index (χ2v) is 6.24. The van der Waals surface area contributed by atoms with Crippen LogP contribution in [0.4, 0.5) is 0 Å². The summed E-state index contributed by atoms with van der Waals surface area (Å²) in [7, 11) is 3.60. The molecule has 6 heteroatoms. The van der Waals surface area contributed by atoms with E-state index in [1.807, 2.05) is 38.9 Å². The number of hydrogen-bond acceptors (Lipinski definition) is 6. The fraction of sp³-hybridized carbons (Fsp3) is 0.714. The third-order valence-electron chi connectivity index (χ3n) is 2.88.